The van der Waals surface area contributed by atoms with Gasteiger partial charge in [-0.2, -0.15) is 0 Å². The van der Waals surface area contributed by atoms with Crippen LogP contribution in [0.15, 0.2) is 24.4 Å². The second-order valence-electron chi connectivity index (χ2n) is 4.50. The molecule has 1 heterocycles. The number of hydrogen-bond donors (Lipinski definition) is 3. The summed E-state index contributed by atoms with van der Waals surface area (Å²) in [5, 5.41) is 11.5. The van der Waals surface area contributed by atoms with Crippen molar-refractivity contribution in [2.45, 2.75) is 24.3 Å². The molecule has 5 nitrogen and oxygen atoms in total. The number of nitrogens with zero attached hydrogens (tertiary/aromatic N) is 1. The number of aromatic nitrogens is 1. The lowest BCUT2D eigenvalue weighted by atomic mass is 10.0. The van der Waals surface area contributed by atoms with Gasteiger partial charge in [0.2, 0.25) is 5.91 Å². The lowest BCUT2D eigenvalue weighted by Crippen LogP contribution is -2.45. The molecular formula is C12H17N3O2. The molecule has 1 saturated carbocycles. The van der Waals surface area contributed by atoms with Gasteiger partial charge in [0, 0.05) is 23.9 Å². The van der Waals surface area contributed by atoms with E-state index in [0.717, 1.165) is 18.5 Å². The lowest BCUT2D eigenvalue weighted by molar-refractivity contribution is -0.123. The van der Waals surface area contributed by atoms with Gasteiger partial charge in [-0.15, -0.1) is 0 Å². The van der Waals surface area contributed by atoms with E-state index in [4.69, 9.17) is 10.8 Å². The van der Waals surface area contributed by atoms with Crippen LogP contribution < -0.4 is 11.1 Å². The highest BCUT2D eigenvalue weighted by Gasteiger charge is 2.45. The van der Waals surface area contributed by atoms with E-state index < -0.39 is 6.04 Å². The second kappa shape index (κ2) is 4.81. The number of pyridine rings is 1. The number of aliphatic hydroxyl groups is 1. The lowest BCUT2D eigenvalue weighted by Gasteiger charge is -2.17. The maximum atomic E-state index is 11.5. The molecule has 17 heavy (non-hydrogen) atoms. The predicted octanol–water partition coefficient (Wildman–Crippen LogP) is -0.451. The third-order valence-electron chi connectivity index (χ3n) is 3.20. The molecule has 1 aromatic rings. The van der Waals surface area contributed by atoms with Crippen LogP contribution in [0.4, 0.5) is 0 Å². The molecule has 1 atom stereocenters. The number of amides is 1. The third kappa shape index (κ3) is 2.62. The number of rotatable bonds is 5. The first kappa shape index (κ1) is 12.0. The molecule has 0 radical (unpaired) electrons. The van der Waals surface area contributed by atoms with Gasteiger partial charge >= 0.3 is 0 Å². The van der Waals surface area contributed by atoms with Gasteiger partial charge in [0.1, 0.15) is 6.04 Å². The summed E-state index contributed by atoms with van der Waals surface area (Å²) in [6, 6.07) is 4.96. The number of hydrogen-bond acceptors (Lipinski definition) is 4. The molecule has 1 unspecified atom stereocenters. The first-order chi connectivity index (χ1) is 8.18. The van der Waals surface area contributed by atoms with Gasteiger partial charge in [0.05, 0.1) is 6.61 Å². The van der Waals surface area contributed by atoms with E-state index in [1.807, 2.05) is 18.2 Å². The zero-order chi connectivity index (χ0) is 12.3. The van der Waals surface area contributed by atoms with Crippen molar-refractivity contribution in [1.29, 1.82) is 0 Å². The Labute approximate surface area is 100 Å². The van der Waals surface area contributed by atoms with Crippen LogP contribution in [0.1, 0.15) is 18.5 Å². The molecule has 1 aliphatic rings. The Bertz CT molecular complexity index is 390. The molecule has 0 bridgehead atoms. The van der Waals surface area contributed by atoms with Crippen LogP contribution in [0.3, 0.4) is 0 Å². The fourth-order valence-corrected chi connectivity index (χ4v) is 1.82. The summed E-state index contributed by atoms with van der Waals surface area (Å²) < 4.78 is 0. The summed E-state index contributed by atoms with van der Waals surface area (Å²) in [7, 11) is 0. The summed E-state index contributed by atoms with van der Waals surface area (Å²) in [4.78, 5) is 15.8. The van der Waals surface area contributed by atoms with E-state index in [1.54, 1.807) is 6.20 Å². The summed E-state index contributed by atoms with van der Waals surface area (Å²) in [6.45, 7) is 0.207. The van der Waals surface area contributed by atoms with Crippen molar-refractivity contribution < 1.29 is 9.90 Å². The minimum absolute atomic E-state index is 0.0217. The molecular weight excluding hydrogens is 218 g/mol. The van der Waals surface area contributed by atoms with Crippen LogP contribution in [0, 0.1) is 0 Å². The average Bonchev–Trinajstić information content (AvgIpc) is 3.17. The van der Waals surface area contributed by atoms with Crippen LogP contribution in [-0.2, 0) is 10.2 Å². The first-order valence-corrected chi connectivity index (χ1v) is 5.74. The summed E-state index contributed by atoms with van der Waals surface area (Å²) in [5.41, 5.74) is 6.42. The minimum atomic E-state index is -0.838. The van der Waals surface area contributed by atoms with Crippen molar-refractivity contribution in [3.8, 4) is 0 Å². The van der Waals surface area contributed by atoms with Gasteiger partial charge in [-0.25, -0.2) is 0 Å². The van der Waals surface area contributed by atoms with Crippen LogP contribution >= 0.6 is 0 Å². The van der Waals surface area contributed by atoms with Crippen LogP contribution in [0.5, 0.6) is 0 Å². The second-order valence-corrected chi connectivity index (χ2v) is 4.50. The number of carbonyl (C=O) groups is 1. The highest BCUT2D eigenvalue weighted by Crippen LogP contribution is 2.46. The third-order valence-corrected chi connectivity index (χ3v) is 3.20. The van der Waals surface area contributed by atoms with Gasteiger partial charge in [0.15, 0.2) is 0 Å². The van der Waals surface area contributed by atoms with Gasteiger partial charge in [-0.05, 0) is 25.0 Å². The molecule has 4 N–H and O–H groups in total. The fraction of sp³-hybridized carbons (Fsp3) is 0.500. The molecule has 2 rings (SSSR count). The quantitative estimate of drug-likeness (QED) is 0.645. The SMILES string of the molecule is NC(CO)C(=O)NCC1(c2ccccn2)CC1. The standard InChI is InChI=1S/C12H17N3O2/c13-9(7-16)11(17)15-8-12(4-5-12)10-3-1-2-6-14-10/h1-3,6,9,16H,4-5,7-8,13H2,(H,15,17). The normalized spacial score (nSPS) is 18.5. The van der Waals surface area contributed by atoms with Crippen molar-refractivity contribution in [2.24, 2.45) is 5.73 Å². The van der Waals surface area contributed by atoms with E-state index in [2.05, 4.69) is 10.3 Å². The van der Waals surface area contributed by atoms with E-state index in [9.17, 15) is 4.79 Å². The van der Waals surface area contributed by atoms with Crippen LogP contribution in [0.2, 0.25) is 0 Å². The Balaban J connectivity index is 1.94. The molecule has 1 aliphatic carbocycles. The topological polar surface area (TPSA) is 88.2 Å². The number of nitrogens with one attached hydrogen (secondary N) is 1. The maximum Gasteiger partial charge on any atom is 0.239 e. The first-order valence-electron chi connectivity index (χ1n) is 5.74. The number of carbonyl (C=O) groups excluding carboxylic acids is 1. The van der Waals surface area contributed by atoms with Crippen molar-refractivity contribution in [3.63, 3.8) is 0 Å². The van der Waals surface area contributed by atoms with E-state index in [1.165, 1.54) is 0 Å². The summed E-state index contributed by atoms with van der Waals surface area (Å²) in [5.74, 6) is -0.310. The van der Waals surface area contributed by atoms with E-state index in [-0.39, 0.29) is 17.9 Å². The van der Waals surface area contributed by atoms with Crippen LogP contribution in [-0.4, -0.2) is 35.2 Å². The molecule has 0 aliphatic heterocycles. The zero-order valence-corrected chi connectivity index (χ0v) is 9.60. The number of aliphatic hydroxyl groups excluding tert-OH is 1. The smallest absolute Gasteiger partial charge is 0.239 e. The van der Waals surface area contributed by atoms with Crippen molar-refractivity contribution in [2.75, 3.05) is 13.2 Å². The Morgan fingerprint density at radius 3 is 2.88 bits per heavy atom. The fourth-order valence-electron chi connectivity index (χ4n) is 1.82. The Morgan fingerprint density at radius 1 is 1.59 bits per heavy atom. The largest absolute Gasteiger partial charge is 0.394 e. The highest BCUT2D eigenvalue weighted by atomic mass is 16.3. The van der Waals surface area contributed by atoms with Gasteiger partial charge in [-0.3, -0.25) is 9.78 Å². The molecule has 5 heteroatoms. The maximum absolute atomic E-state index is 11.5. The van der Waals surface area contributed by atoms with Crippen LogP contribution in [0.25, 0.3) is 0 Å². The monoisotopic (exact) mass is 235 g/mol. The van der Waals surface area contributed by atoms with Crippen molar-refractivity contribution in [1.82, 2.24) is 10.3 Å². The molecule has 1 fully saturated rings. The Morgan fingerprint density at radius 2 is 2.35 bits per heavy atom. The summed E-state index contributed by atoms with van der Waals surface area (Å²) in [6.07, 6.45) is 3.81. The number of nitrogens with two attached hydrogens (primary N) is 1. The van der Waals surface area contributed by atoms with E-state index >= 15 is 0 Å². The molecule has 0 spiro atoms. The van der Waals surface area contributed by atoms with Crippen molar-refractivity contribution in [3.05, 3.63) is 30.1 Å². The predicted molar refractivity (Wildman–Crippen MR) is 63.2 cm³/mol. The molecule has 1 aromatic heterocycles. The van der Waals surface area contributed by atoms with Gasteiger partial charge in [-0.1, -0.05) is 6.07 Å². The molecule has 0 aromatic carbocycles. The highest BCUT2D eigenvalue weighted by molar-refractivity contribution is 5.81. The van der Waals surface area contributed by atoms with Gasteiger partial charge in [0.25, 0.3) is 0 Å². The Kier molecular flexibility index (Phi) is 3.40. The molecule has 0 saturated heterocycles. The minimum Gasteiger partial charge on any atom is -0.394 e. The summed E-state index contributed by atoms with van der Waals surface area (Å²) >= 11 is 0. The molecule has 92 valence electrons. The average molecular weight is 235 g/mol. The molecule has 1 amide bonds. The zero-order valence-electron chi connectivity index (χ0n) is 9.60. The van der Waals surface area contributed by atoms with Crippen molar-refractivity contribution >= 4 is 5.91 Å². The Hall–Kier alpha value is -1.46. The van der Waals surface area contributed by atoms with E-state index in [0.29, 0.717) is 6.54 Å². The van der Waals surface area contributed by atoms with Gasteiger partial charge < -0.3 is 16.2 Å².